The monoisotopic (exact) mass is 503 g/mol. The second-order valence-corrected chi connectivity index (χ2v) is 9.28. The predicted octanol–water partition coefficient (Wildman–Crippen LogP) is 5.02. The van der Waals surface area contributed by atoms with Crippen molar-refractivity contribution in [3.05, 3.63) is 72.7 Å². The molecule has 0 radical (unpaired) electrons. The van der Waals surface area contributed by atoms with Crippen molar-refractivity contribution >= 4 is 46.5 Å². The average molecular weight is 505 g/mol. The van der Waals surface area contributed by atoms with Gasteiger partial charge in [0.15, 0.2) is 0 Å². The summed E-state index contributed by atoms with van der Waals surface area (Å²) in [6.07, 6.45) is 0.524. The lowest BCUT2D eigenvalue weighted by Gasteiger charge is -2.27. The number of hydrogen-bond donors (Lipinski definition) is 2. The van der Waals surface area contributed by atoms with Gasteiger partial charge in [0.05, 0.1) is 28.4 Å². The van der Waals surface area contributed by atoms with Gasteiger partial charge in [-0.25, -0.2) is 14.2 Å². The van der Waals surface area contributed by atoms with E-state index in [1.165, 1.54) is 15.2 Å². The molecule has 2 bridgehead atoms. The Bertz CT molecular complexity index is 1420. The lowest BCUT2D eigenvalue weighted by Crippen LogP contribution is -2.40. The van der Waals surface area contributed by atoms with E-state index in [0.717, 1.165) is 0 Å². The lowest BCUT2D eigenvalue weighted by molar-refractivity contribution is 0.198. The molecule has 2 aromatic carbocycles. The summed E-state index contributed by atoms with van der Waals surface area (Å²) in [4.78, 5) is 27.8. The molecular weight excluding hydrogens is 489 g/mol. The van der Waals surface area contributed by atoms with Crippen LogP contribution >= 0.6 is 34.8 Å². The Morgan fingerprint density at radius 2 is 1.91 bits per heavy atom. The lowest BCUT2D eigenvalue weighted by atomic mass is 10.1. The number of anilines is 1. The molecule has 2 N–H and O–H groups in total. The van der Waals surface area contributed by atoms with Crippen molar-refractivity contribution in [3.63, 3.8) is 0 Å². The highest BCUT2D eigenvalue weighted by atomic mass is 35.5. The molecule has 5 rings (SSSR count). The number of imidazole rings is 1. The maximum atomic E-state index is 13.2. The van der Waals surface area contributed by atoms with Crippen LogP contribution in [0.25, 0.3) is 5.69 Å². The number of benzene rings is 2. The highest BCUT2D eigenvalue weighted by Gasteiger charge is 2.49. The summed E-state index contributed by atoms with van der Waals surface area (Å²) >= 11 is 18.3. The number of hydrogen-bond acceptors (Lipinski definition) is 4. The zero-order chi connectivity index (χ0) is 23.6. The van der Waals surface area contributed by atoms with Crippen LogP contribution in [0.3, 0.4) is 0 Å². The zero-order valence-electron chi connectivity index (χ0n) is 17.1. The number of aromatic hydroxyl groups is 1. The van der Waals surface area contributed by atoms with Crippen molar-refractivity contribution < 1.29 is 9.90 Å². The molecule has 1 fully saturated rings. The number of amides is 2. The molecule has 1 aromatic heterocycles. The van der Waals surface area contributed by atoms with Crippen LogP contribution in [0.2, 0.25) is 15.1 Å². The minimum Gasteiger partial charge on any atom is -0.493 e. The van der Waals surface area contributed by atoms with E-state index in [9.17, 15) is 20.0 Å². The van der Waals surface area contributed by atoms with Gasteiger partial charge in [0.1, 0.15) is 11.8 Å². The Labute approximate surface area is 203 Å². The molecular formula is C22H16Cl3N5O3. The van der Waals surface area contributed by atoms with Gasteiger partial charge in [-0.05, 0) is 49.2 Å². The molecule has 1 saturated heterocycles. The van der Waals surface area contributed by atoms with Crippen LogP contribution in [0.15, 0.2) is 35.1 Å². The van der Waals surface area contributed by atoms with Crippen molar-refractivity contribution in [3.8, 4) is 17.6 Å². The first-order valence-electron chi connectivity index (χ1n) is 10.0. The van der Waals surface area contributed by atoms with E-state index in [2.05, 4.69) is 5.32 Å². The van der Waals surface area contributed by atoms with Crippen molar-refractivity contribution in [2.45, 2.75) is 25.4 Å². The largest absolute Gasteiger partial charge is 0.493 e. The topological polar surface area (TPSA) is 103 Å². The number of halogens is 3. The van der Waals surface area contributed by atoms with Crippen LogP contribution in [0.1, 0.15) is 35.3 Å². The van der Waals surface area contributed by atoms with Crippen LogP contribution in [0.5, 0.6) is 5.88 Å². The minimum absolute atomic E-state index is 0.219. The highest BCUT2D eigenvalue weighted by Crippen LogP contribution is 2.49. The van der Waals surface area contributed by atoms with Crippen molar-refractivity contribution in [1.29, 1.82) is 5.26 Å². The number of nitriles is 1. The van der Waals surface area contributed by atoms with Crippen LogP contribution < -0.4 is 11.0 Å². The summed E-state index contributed by atoms with van der Waals surface area (Å²) in [5, 5.41) is 24.0. The van der Waals surface area contributed by atoms with Gasteiger partial charge in [-0.1, -0.05) is 34.8 Å². The number of nitrogens with zero attached hydrogens (tertiary/aromatic N) is 4. The summed E-state index contributed by atoms with van der Waals surface area (Å²) in [6, 6.07) is 8.67. The van der Waals surface area contributed by atoms with Crippen LogP contribution in [0.4, 0.5) is 10.5 Å². The number of carbonyl (C=O) groups is 1. The van der Waals surface area contributed by atoms with E-state index in [4.69, 9.17) is 34.8 Å². The summed E-state index contributed by atoms with van der Waals surface area (Å²) in [7, 11) is 0. The quantitative estimate of drug-likeness (QED) is 0.511. The van der Waals surface area contributed by atoms with E-state index >= 15 is 0 Å². The van der Waals surface area contributed by atoms with E-state index < -0.39 is 11.7 Å². The molecule has 3 heterocycles. The first-order chi connectivity index (χ1) is 15.7. The summed E-state index contributed by atoms with van der Waals surface area (Å²) < 4.78 is 2.71. The number of carbonyl (C=O) groups excluding carboxylic acids is 1. The summed E-state index contributed by atoms with van der Waals surface area (Å²) in [5.74, 6) is -0.250. The highest BCUT2D eigenvalue weighted by molar-refractivity contribution is 6.35. The van der Waals surface area contributed by atoms with Crippen molar-refractivity contribution in [2.24, 2.45) is 0 Å². The standard InChI is InChI=1S/C22H16Cl3N5O3/c1-10-16(3-2-11(8-26)18(10)25)30-20(31)19-17-7-15(29(19)22(30)33)9-28(17)21(32)27-14-5-12(23)4-13(24)6-14/h2-6,15,17,31H,7,9H2,1H3,(H,27,32)/t15-,17-/m0/s1. The molecule has 2 amide bonds. The third-order valence-electron chi connectivity index (χ3n) is 6.15. The first-order valence-corrected chi connectivity index (χ1v) is 11.1. The van der Waals surface area contributed by atoms with Gasteiger partial charge >= 0.3 is 11.7 Å². The molecule has 0 saturated carbocycles. The Morgan fingerprint density at radius 3 is 2.58 bits per heavy atom. The third-order valence-corrected chi connectivity index (χ3v) is 7.07. The minimum atomic E-state index is -0.479. The van der Waals surface area contributed by atoms with Crippen LogP contribution in [-0.4, -0.2) is 31.7 Å². The van der Waals surface area contributed by atoms with Crippen LogP contribution in [0, 0.1) is 18.3 Å². The van der Waals surface area contributed by atoms with Crippen LogP contribution in [-0.2, 0) is 0 Å². The number of aromatic nitrogens is 2. The van der Waals surface area contributed by atoms with E-state index in [1.54, 1.807) is 36.1 Å². The van der Waals surface area contributed by atoms with E-state index in [0.29, 0.717) is 45.6 Å². The molecule has 2 aliphatic heterocycles. The Hall–Kier alpha value is -3.12. The molecule has 3 aromatic rings. The number of rotatable bonds is 2. The fraction of sp³-hybridized carbons (Fsp3) is 0.227. The van der Waals surface area contributed by atoms with Gasteiger partial charge in [0.25, 0.3) is 0 Å². The number of likely N-dealkylation sites (tertiary alicyclic amines) is 1. The molecule has 11 heteroatoms. The maximum Gasteiger partial charge on any atom is 0.336 e. The van der Waals surface area contributed by atoms with Gasteiger partial charge in [-0.3, -0.25) is 4.57 Å². The first kappa shape index (κ1) is 21.7. The van der Waals surface area contributed by atoms with Gasteiger partial charge < -0.3 is 15.3 Å². The van der Waals surface area contributed by atoms with Crippen molar-refractivity contribution in [1.82, 2.24) is 14.0 Å². The summed E-state index contributed by atoms with van der Waals surface area (Å²) in [6.45, 7) is 1.99. The van der Waals surface area contributed by atoms with Gasteiger partial charge in [0.2, 0.25) is 5.88 Å². The third kappa shape index (κ3) is 3.27. The maximum absolute atomic E-state index is 13.2. The normalized spacial score (nSPS) is 18.3. The average Bonchev–Trinajstić information content (AvgIpc) is 3.41. The predicted molar refractivity (Wildman–Crippen MR) is 125 cm³/mol. The van der Waals surface area contributed by atoms with E-state index in [-0.39, 0.29) is 28.5 Å². The zero-order valence-corrected chi connectivity index (χ0v) is 19.4. The number of urea groups is 1. The molecule has 168 valence electrons. The Balaban J connectivity index is 1.51. The van der Waals surface area contributed by atoms with Gasteiger partial charge in [-0.2, -0.15) is 5.26 Å². The van der Waals surface area contributed by atoms with Crippen molar-refractivity contribution in [2.75, 3.05) is 11.9 Å². The molecule has 0 spiro atoms. The number of nitrogens with one attached hydrogen (secondary N) is 1. The fourth-order valence-corrected chi connectivity index (χ4v) is 5.44. The molecule has 2 aliphatic rings. The Kier molecular flexibility index (Phi) is 5.09. The molecule has 2 atom stereocenters. The second kappa shape index (κ2) is 7.73. The fourth-order valence-electron chi connectivity index (χ4n) is 4.71. The molecule has 0 unspecified atom stereocenters. The van der Waals surface area contributed by atoms with Gasteiger partial charge in [-0.15, -0.1) is 0 Å². The molecule has 33 heavy (non-hydrogen) atoms. The summed E-state index contributed by atoms with van der Waals surface area (Å²) in [5.41, 5.74) is 1.56. The second-order valence-electron chi connectivity index (χ2n) is 8.03. The SMILES string of the molecule is Cc1c(-n2c(O)c3n(c2=O)[C@H]2C[C@@H]3N(C(=O)Nc3cc(Cl)cc(Cl)c3)C2)ccc(C#N)c1Cl. The smallest absolute Gasteiger partial charge is 0.336 e. The van der Waals surface area contributed by atoms with E-state index in [1.807, 2.05) is 6.07 Å². The molecule has 0 aliphatic carbocycles. The number of fused-ring (bicyclic) bond motifs is 5. The molecule has 8 nitrogen and oxygen atoms in total. The van der Waals surface area contributed by atoms with Gasteiger partial charge in [0, 0.05) is 22.3 Å². The Morgan fingerprint density at radius 1 is 1.21 bits per heavy atom.